The molecular weight excluding hydrogens is 502 g/mol. The summed E-state index contributed by atoms with van der Waals surface area (Å²) in [4.78, 5) is 45.1. The Kier molecular flexibility index (Phi) is 6.50. The highest BCUT2D eigenvalue weighted by Crippen LogP contribution is 2.54. The molecule has 4 aliphatic rings. The van der Waals surface area contributed by atoms with Gasteiger partial charge in [-0.3, -0.25) is 14.4 Å². The summed E-state index contributed by atoms with van der Waals surface area (Å²) < 4.78 is 13.7. The maximum atomic E-state index is 14.5. The molecule has 206 valence electrons. The molecule has 4 aliphatic heterocycles. The van der Waals surface area contributed by atoms with Gasteiger partial charge in [0.15, 0.2) is 0 Å². The zero-order valence-electron chi connectivity index (χ0n) is 22.1. The van der Waals surface area contributed by atoms with Crippen molar-refractivity contribution < 1.29 is 29.0 Å². The number of rotatable bonds is 6. The van der Waals surface area contributed by atoms with Crippen molar-refractivity contribution in [2.75, 3.05) is 19.8 Å². The largest absolute Gasteiger partial charge is 0.465 e. The van der Waals surface area contributed by atoms with Gasteiger partial charge in [0.25, 0.3) is 5.91 Å². The number of aliphatic hydroxyl groups is 1. The van der Waals surface area contributed by atoms with Crippen molar-refractivity contribution in [3.63, 3.8) is 0 Å². The average molecular weight is 536 g/mol. The van der Waals surface area contributed by atoms with Gasteiger partial charge in [0.05, 0.1) is 36.8 Å². The fraction of sp³-hybridized carbons (Fsp3) is 0.536. The number of carbonyl (C=O) groups is 3. The molecular formula is C28H33N5O6. The number of amides is 2. The third-order valence-corrected chi connectivity index (χ3v) is 8.71. The number of nitrogens with zero attached hydrogens (tertiary/aromatic N) is 5. The standard InChI is InChI=1S/C28H33N5O6/c1-3-17(2)20(15-34)33-24-26(36)31(16-32-19-10-5-4-9-18(19)29-30-32)13-8-12-28(24)23(25(33)35)22-21(39-28)11-6-7-14-38-27(22)37/h4-6,8-12,17,20-24,34H,3,7,13-16H2,1-2H3/t17-,20-,21-,22+,23-,24?,28-/m0/s1. The normalized spacial score (nSPS) is 31.8. The molecule has 7 atom stereocenters. The zero-order valence-corrected chi connectivity index (χ0v) is 22.1. The Labute approximate surface area is 226 Å². The molecule has 1 aromatic heterocycles. The molecule has 1 unspecified atom stereocenters. The van der Waals surface area contributed by atoms with E-state index < -0.39 is 41.6 Å². The summed E-state index contributed by atoms with van der Waals surface area (Å²) in [6.07, 6.45) is 7.85. The first-order valence-electron chi connectivity index (χ1n) is 13.6. The van der Waals surface area contributed by atoms with E-state index in [1.165, 1.54) is 4.90 Å². The number of carbonyl (C=O) groups excluding carboxylic acids is 3. The van der Waals surface area contributed by atoms with Crippen molar-refractivity contribution in [1.29, 1.82) is 0 Å². The van der Waals surface area contributed by atoms with E-state index in [4.69, 9.17) is 9.47 Å². The molecule has 0 aliphatic carbocycles. The molecule has 1 aromatic carbocycles. The van der Waals surface area contributed by atoms with Gasteiger partial charge in [0, 0.05) is 6.54 Å². The second-order valence-corrected chi connectivity index (χ2v) is 10.8. The van der Waals surface area contributed by atoms with E-state index in [1.807, 2.05) is 56.3 Å². The van der Waals surface area contributed by atoms with Crippen LogP contribution in [0.1, 0.15) is 26.7 Å². The fourth-order valence-corrected chi connectivity index (χ4v) is 6.58. The number of aliphatic hydroxyl groups excluding tert-OH is 1. The summed E-state index contributed by atoms with van der Waals surface area (Å²) >= 11 is 0. The highest BCUT2D eigenvalue weighted by Gasteiger charge is 2.72. The average Bonchev–Trinajstić information content (AvgIpc) is 3.52. The van der Waals surface area contributed by atoms with Crippen LogP contribution in [-0.2, 0) is 30.5 Å². The van der Waals surface area contributed by atoms with Crippen molar-refractivity contribution in [3.8, 4) is 0 Å². The van der Waals surface area contributed by atoms with Gasteiger partial charge in [-0.1, -0.05) is 61.9 Å². The van der Waals surface area contributed by atoms with Crippen LogP contribution in [0, 0.1) is 17.8 Å². The summed E-state index contributed by atoms with van der Waals surface area (Å²) in [5, 5.41) is 18.9. The van der Waals surface area contributed by atoms with Gasteiger partial charge < -0.3 is 24.4 Å². The molecule has 2 saturated heterocycles. The number of cyclic esters (lactones) is 1. The molecule has 5 heterocycles. The first-order chi connectivity index (χ1) is 18.9. The first-order valence-corrected chi connectivity index (χ1v) is 13.6. The Bertz CT molecular complexity index is 1350. The summed E-state index contributed by atoms with van der Waals surface area (Å²) in [6.45, 7) is 4.20. The second kappa shape index (κ2) is 9.87. The molecule has 0 bridgehead atoms. The third kappa shape index (κ3) is 3.89. The van der Waals surface area contributed by atoms with Crippen LogP contribution < -0.4 is 0 Å². The van der Waals surface area contributed by atoms with Gasteiger partial charge in [-0.05, 0) is 24.5 Å². The van der Waals surface area contributed by atoms with Crippen LogP contribution in [0.4, 0.5) is 0 Å². The number of hydrogen-bond donors (Lipinski definition) is 1. The van der Waals surface area contributed by atoms with Gasteiger partial charge in [0.2, 0.25) is 5.91 Å². The minimum absolute atomic E-state index is 0.0949. The predicted molar refractivity (Wildman–Crippen MR) is 139 cm³/mol. The fourth-order valence-electron chi connectivity index (χ4n) is 6.58. The maximum absolute atomic E-state index is 14.5. The van der Waals surface area contributed by atoms with Crippen LogP contribution in [0.2, 0.25) is 0 Å². The second-order valence-electron chi connectivity index (χ2n) is 10.8. The number of para-hydroxylation sites is 1. The third-order valence-electron chi connectivity index (χ3n) is 8.71. The Hall–Kier alpha value is -3.57. The minimum Gasteiger partial charge on any atom is -0.465 e. The van der Waals surface area contributed by atoms with E-state index >= 15 is 0 Å². The van der Waals surface area contributed by atoms with Crippen LogP contribution in [0.3, 0.4) is 0 Å². The number of benzene rings is 1. The topological polar surface area (TPSA) is 127 Å². The van der Waals surface area contributed by atoms with Crippen LogP contribution in [0.5, 0.6) is 0 Å². The molecule has 11 heteroatoms. The molecule has 1 N–H and O–H groups in total. The molecule has 0 saturated carbocycles. The van der Waals surface area contributed by atoms with Crippen LogP contribution in [-0.4, -0.2) is 91.2 Å². The Morgan fingerprint density at radius 2 is 2.00 bits per heavy atom. The predicted octanol–water partition coefficient (Wildman–Crippen LogP) is 1.28. The maximum Gasteiger partial charge on any atom is 0.312 e. The van der Waals surface area contributed by atoms with E-state index in [-0.39, 0.29) is 44.2 Å². The van der Waals surface area contributed by atoms with E-state index in [0.717, 1.165) is 5.52 Å². The molecule has 11 nitrogen and oxygen atoms in total. The van der Waals surface area contributed by atoms with E-state index in [0.29, 0.717) is 18.4 Å². The molecule has 2 amide bonds. The Morgan fingerprint density at radius 1 is 1.18 bits per heavy atom. The summed E-state index contributed by atoms with van der Waals surface area (Å²) in [6, 6.07) is 5.80. The number of aromatic nitrogens is 3. The number of fused-ring (bicyclic) bond motifs is 3. The Morgan fingerprint density at radius 3 is 2.79 bits per heavy atom. The zero-order chi connectivity index (χ0) is 27.3. The van der Waals surface area contributed by atoms with Gasteiger partial charge in [-0.2, -0.15) is 0 Å². The van der Waals surface area contributed by atoms with Crippen molar-refractivity contribution in [2.45, 2.75) is 57.1 Å². The SMILES string of the molecule is CC[C@H](C)[C@H](CO)N1C(=O)[C@@H]2[C@@H]3C(=O)OCCC=C[C@@H]3O[C@@]23C=CCN(Cn2nnc4ccccc42)C(=O)C13. The van der Waals surface area contributed by atoms with Gasteiger partial charge >= 0.3 is 5.97 Å². The smallest absolute Gasteiger partial charge is 0.312 e. The molecule has 0 radical (unpaired) electrons. The van der Waals surface area contributed by atoms with Crippen LogP contribution in [0.15, 0.2) is 48.6 Å². The van der Waals surface area contributed by atoms with Crippen molar-refractivity contribution in [2.24, 2.45) is 17.8 Å². The first kappa shape index (κ1) is 25.7. The van der Waals surface area contributed by atoms with E-state index in [9.17, 15) is 19.5 Å². The van der Waals surface area contributed by atoms with Gasteiger partial charge in [0.1, 0.15) is 29.7 Å². The van der Waals surface area contributed by atoms with E-state index in [1.54, 1.807) is 15.7 Å². The highest BCUT2D eigenvalue weighted by atomic mass is 16.6. The summed E-state index contributed by atoms with van der Waals surface area (Å²) in [5.74, 6) is -3.13. The van der Waals surface area contributed by atoms with Crippen molar-refractivity contribution in [3.05, 3.63) is 48.6 Å². The number of ether oxygens (including phenoxy) is 2. The molecule has 39 heavy (non-hydrogen) atoms. The van der Waals surface area contributed by atoms with Crippen molar-refractivity contribution in [1.82, 2.24) is 24.8 Å². The lowest BCUT2D eigenvalue weighted by molar-refractivity contribution is -0.157. The molecule has 1 spiro atoms. The Balaban J connectivity index is 1.44. The number of likely N-dealkylation sites (tertiary alicyclic amines) is 1. The number of esters is 1. The molecule has 6 rings (SSSR count). The van der Waals surface area contributed by atoms with Gasteiger partial charge in [-0.15, -0.1) is 5.10 Å². The summed E-state index contributed by atoms with van der Waals surface area (Å²) in [7, 11) is 0. The lowest BCUT2D eigenvalue weighted by atomic mass is 9.77. The van der Waals surface area contributed by atoms with Crippen molar-refractivity contribution >= 4 is 28.8 Å². The molecule has 2 aromatic rings. The van der Waals surface area contributed by atoms with Crippen LogP contribution in [0.25, 0.3) is 11.0 Å². The monoisotopic (exact) mass is 535 g/mol. The van der Waals surface area contributed by atoms with Crippen LogP contribution >= 0.6 is 0 Å². The molecule has 2 fully saturated rings. The summed E-state index contributed by atoms with van der Waals surface area (Å²) in [5.41, 5.74) is 0.112. The lowest BCUT2D eigenvalue weighted by Gasteiger charge is -2.40. The minimum atomic E-state index is -1.38. The van der Waals surface area contributed by atoms with Gasteiger partial charge in [-0.25, -0.2) is 4.68 Å². The number of hydrogen-bond acceptors (Lipinski definition) is 8. The highest BCUT2D eigenvalue weighted by molar-refractivity contribution is 5.99. The van der Waals surface area contributed by atoms with E-state index in [2.05, 4.69) is 10.3 Å². The lowest BCUT2D eigenvalue weighted by Crippen LogP contribution is -2.59. The quantitative estimate of drug-likeness (QED) is 0.433.